The monoisotopic (exact) mass is 318 g/mol. The normalized spacial score (nSPS) is 16.0. The summed E-state index contributed by atoms with van der Waals surface area (Å²) in [4.78, 5) is 14.0. The molecular weight excluding hydrogens is 300 g/mol. The molecule has 1 amide bonds. The van der Waals surface area contributed by atoms with Crippen LogP contribution in [0.15, 0.2) is 47.1 Å². The number of piperidine rings is 1. The Kier molecular flexibility index (Phi) is 4.80. The molecule has 0 atom stereocenters. The van der Waals surface area contributed by atoms with Gasteiger partial charge in [0.05, 0.1) is 6.26 Å². The van der Waals surface area contributed by atoms with Crippen LogP contribution < -0.4 is 5.32 Å². The summed E-state index contributed by atoms with van der Waals surface area (Å²) in [5.41, 5.74) is 1.22. The van der Waals surface area contributed by atoms with Crippen molar-refractivity contribution in [3.05, 3.63) is 59.0 Å². The summed E-state index contributed by atoms with van der Waals surface area (Å²) < 4.78 is 5.17. The average molecular weight is 319 g/mol. The van der Waals surface area contributed by atoms with Gasteiger partial charge in [-0.25, -0.2) is 0 Å². The summed E-state index contributed by atoms with van der Waals surface area (Å²) in [6, 6.07) is 11.8. The first-order valence-electron chi connectivity index (χ1n) is 7.53. The molecule has 2 aromatic rings. The highest BCUT2D eigenvalue weighted by atomic mass is 35.5. The second-order valence-corrected chi connectivity index (χ2v) is 5.99. The zero-order valence-electron chi connectivity index (χ0n) is 12.3. The molecule has 2 heterocycles. The number of carbonyl (C=O) groups is 1. The first-order chi connectivity index (χ1) is 10.7. The Morgan fingerprint density at radius 3 is 2.59 bits per heavy atom. The van der Waals surface area contributed by atoms with Crippen LogP contribution in [0.4, 0.5) is 0 Å². The number of amides is 1. The Morgan fingerprint density at radius 2 is 1.95 bits per heavy atom. The molecule has 1 aromatic heterocycles. The van der Waals surface area contributed by atoms with Gasteiger partial charge >= 0.3 is 0 Å². The predicted octanol–water partition coefficient (Wildman–Crippen LogP) is 3.33. The van der Waals surface area contributed by atoms with Crippen molar-refractivity contribution in [2.75, 3.05) is 13.1 Å². The van der Waals surface area contributed by atoms with Gasteiger partial charge in [-0.15, -0.1) is 0 Å². The van der Waals surface area contributed by atoms with E-state index in [1.807, 2.05) is 29.2 Å². The Morgan fingerprint density at radius 1 is 1.23 bits per heavy atom. The largest absolute Gasteiger partial charge is 0.459 e. The number of hydrogen-bond acceptors (Lipinski definition) is 3. The molecule has 0 bridgehead atoms. The van der Waals surface area contributed by atoms with Gasteiger partial charge in [0, 0.05) is 30.7 Å². The minimum Gasteiger partial charge on any atom is -0.459 e. The summed E-state index contributed by atoms with van der Waals surface area (Å²) in [7, 11) is 0. The zero-order valence-corrected chi connectivity index (χ0v) is 13.1. The van der Waals surface area contributed by atoms with Crippen LogP contribution >= 0.6 is 11.6 Å². The molecule has 0 unspecified atom stereocenters. The van der Waals surface area contributed by atoms with Crippen LogP contribution in [0.2, 0.25) is 5.02 Å². The van der Waals surface area contributed by atoms with Crippen molar-refractivity contribution in [2.24, 2.45) is 0 Å². The van der Waals surface area contributed by atoms with Gasteiger partial charge in [0.2, 0.25) is 0 Å². The van der Waals surface area contributed by atoms with Crippen LogP contribution in [-0.4, -0.2) is 29.9 Å². The van der Waals surface area contributed by atoms with Gasteiger partial charge < -0.3 is 14.6 Å². The summed E-state index contributed by atoms with van der Waals surface area (Å²) in [6.45, 7) is 2.35. The fourth-order valence-corrected chi connectivity index (χ4v) is 2.83. The van der Waals surface area contributed by atoms with Gasteiger partial charge in [0.15, 0.2) is 5.76 Å². The van der Waals surface area contributed by atoms with Crippen molar-refractivity contribution in [3.63, 3.8) is 0 Å². The van der Waals surface area contributed by atoms with Crippen molar-refractivity contribution in [1.29, 1.82) is 0 Å². The molecule has 1 aliphatic rings. The van der Waals surface area contributed by atoms with Crippen molar-refractivity contribution >= 4 is 17.5 Å². The smallest absolute Gasteiger partial charge is 0.289 e. The summed E-state index contributed by atoms with van der Waals surface area (Å²) in [5.74, 6) is 0.411. The highest BCUT2D eigenvalue weighted by Crippen LogP contribution is 2.15. The molecule has 3 rings (SSSR count). The van der Waals surface area contributed by atoms with Crippen LogP contribution in [0.1, 0.15) is 29.0 Å². The average Bonchev–Trinajstić information content (AvgIpc) is 3.09. The fraction of sp³-hybridized carbons (Fsp3) is 0.353. The van der Waals surface area contributed by atoms with Crippen LogP contribution in [0.25, 0.3) is 0 Å². The zero-order chi connectivity index (χ0) is 15.4. The van der Waals surface area contributed by atoms with Gasteiger partial charge in [-0.05, 0) is 42.7 Å². The van der Waals surface area contributed by atoms with E-state index in [9.17, 15) is 4.79 Å². The second kappa shape index (κ2) is 6.99. The fourth-order valence-electron chi connectivity index (χ4n) is 2.71. The molecule has 1 fully saturated rings. The third-order valence-electron chi connectivity index (χ3n) is 4.02. The second-order valence-electron chi connectivity index (χ2n) is 5.55. The van der Waals surface area contributed by atoms with E-state index in [4.69, 9.17) is 16.0 Å². The van der Waals surface area contributed by atoms with Gasteiger partial charge in [-0.1, -0.05) is 23.7 Å². The Bertz CT molecular complexity index is 602. The van der Waals surface area contributed by atoms with Gasteiger partial charge in [-0.3, -0.25) is 4.79 Å². The van der Waals surface area contributed by atoms with Crippen LogP contribution in [0, 0.1) is 0 Å². The van der Waals surface area contributed by atoms with E-state index in [0.29, 0.717) is 11.8 Å². The van der Waals surface area contributed by atoms with Crippen LogP contribution in [0.3, 0.4) is 0 Å². The quantitative estimate of drug-likeness (QED) is 0.940. The van der Waals surface area contributed by atoms with E-state index in [0.717, 1.165) is 37.5 Å². The maximum absolute atomic E-state index is 12.2. The number of hydrogen-bond donors (Lipinski definition) is 1. The number of carbonyl (C=O) groups excluding carboxylic acids is 1. The Hall–Kier alpha value is -1.78. The molecule has 116 valence electrons. The summed E-state index contributed by atoms with van der Waals surface area (Å²) in [5, 5.41) is 4.30. The standard InChI is InChI=1S/C17H19ClN2O2/c18-14-5-3-13(4-6-14)12-19-15-7-9-20(10-8-15)17(21)16-2-1-11-22-16/h1-6,11,15,19H,7-10,12H2. The maximum Gasteiger partial charge on any atom is 0.289 e. The minimum absolute atomic E-state index is 0.0128. The van der Waals surface area contributed by atoms with Crippen LogP contribution in [-0.2, 0) is 6.54 Å². The highest BCUT2D eigenvalue weighted by Gasteiger charge is 2.24. The third-order valence-corrected chi connectivity index (χ3v) is 4.27. The van der Waals surface area contributed by atoms with Crippen molar-refractivity contribution < 1.29 is 9.21 Å². The lowest BCUT2D eigenvalue weighted by Crippen LogP contribution is -2.44. The Labute approximate surface area is 135 Å². The van der Waals surface area contributed by atoms with E-state index in [-0.39, 0.29) is 5.91 Å². The molecule has 1 N–H and O–H groups in total. The van der Waals surface area contributed by atoms with E-state index in [2.05, 4.69) is 5.32 Å². The first kappa shape index (κ1) is 15.1. The lowest BCUT2D eigenvalue weighted by molar-refractivity contribution is 0.0672. The topological polar surface area (TPSA) is 45.5 Å². The van der Waals surface area contributed by atoms with Crippen molar-refractivity contribution in [2.45, 2.75) is 25.4 Å². The Balaban J connectivity index is 1.45. The SMILES string of the molecule is O=C(c1ccco1)N1CCC(NCc2ccc(Cl)cc2)CC1. The molecule has 0 aliphatic carbocycles. The van der Waals surface area contributed by atoms with E-state index in [1.54, 1.807) is 12.1 Å². The molecule has 4 nitrogen and oxygen atoms in total. The minimum atomic E-state index is -0.0128. The molecule has 5 heteroatoms. The molecule has 0 saturated carbocycles. The van der Waals surface area contributed by atoms with Crippen molar-refractivity contribution in [3.8, 4) is 0 Å². The van der Waals surface area contributed by atoms with Gasteiger partial charge in [0.1, 0.15) is 0 Å². The maximum atomic E-state index is 12.2. The first-order valence-corrected chi connectivity index (χ1v) is 7.91. The van der Waals surface area contributed by atoms with Crippen molar-refractivity contribution in [1.82, 2.24) is 10.2 Å². The summed E-state index contributed by atoms with van der Waals surface area (Å²) in [6.07, 6.45) is 3.45. The number of halogens is 1. The third kappa shape index (κ3) is 3.70. The molecule has 1 aromatic carbocycles. The lowest BCUT2D eigenvalue weighted by Gasteiger charge is -2.32. The van der Waals surface area contributed by atoms with E-state index >= 15 is 0 Å². The molecular formula is C17H19ClN2O2. The number of benzene rings is 1. The predicted molar refractivity (Wildman–Crippen MR) is 85.9 cm³/mol. The molecule has 0 spiro atoms. The van der Waals surface area contributed by atoms with E-state index < -0.39 is 0 Å². The highest BCUT2D eigenvalue weighted by molar-refractivity contribution is 6.30. The van der Waals surface area contributed by atoms with Gasteiger partial charge in [0.25, 0.3) is 5.91 Å². The number of furan rings is 1. The number of nitrogens with zero attached hydrogens (tertiary/aromatic N) is 1. The summed E-state index contributed by atoms with van der Waals surface area (Å²) >= 11 is 5.88. The number of rotatable bonds is 4. The van der Waals surface area contributed by atoms with Crippen LogP contribution in [0.5, 0.6) is 0 Å². The molecule has 1 aliphatic heterocycles. The molecule has 1 saturated heterocycles. The molecule has 0 radical (unpaired) electrons. The lowest BCUT2D eigenvalue weighted by atomic mass is 10.0. The van der Waals surface area contributed by atoms with Gasteiger partial charge in [-0.2, -0.15) is 0 Å². The number of nitrogens with one attached hydrogen (secondary N) is 1. The van der Waals surface area contributed by atoms with E-state index in [1.165, 1.54) is 11.8 Å². The number of likely N-dealkylation sites (tertiary alicyclic amines) is 1. The molecule has 22 heavy (non-hydrogen) atoms.